The Morgan fingerprint density at radius 3 is 2.68 bits per heavy atom. The van der Waals surface area contributed by atoms with Gasteiger partial charge in [0.15, 0.2) is 0 Å². The lowest BCUT2D eigenvalue weighted by atomic mass is 9.82. The van der Waals surface area contributed by atoms with Gasteiger partial charge < -0.3 is 14.8 Å². The fourth-order valence-corrected chi connectivity index (χ4v) is 3.13. The number of para-hydroxylation sites is 1. The fourth-order valence-electron chi connectivity index (χ4n) is 3.13. The number of carboxylic acid groups (broad SMARTS) is 1. The Morgan fingerprint density at radius 1 is 1.23 bits per heavy atom. The molecule has 0 unspecified atom stereocenters. The average molecular weight is 301 g/mol. The van der Waals surface area contributed by atoms with Gasteiger partial charge in [-0.05, 0) is 43.7 Å². The van der Waals surface area contributed by atoms with E-state index in [1.54, 1.807) is 6.07 Å². The van der Waals surface area contributed by atoms with E-state index in [9.17, 15) is 9.59 Å². The summed E-state index contributed by atoms with van der Waals surface area (Å²) in [6.45, 7) is 0.750. The molecule has 0 radical (unpaired) electrons. The molecule has 0 saturated heterocycles. The first-order chi connectivity index (χ1) is 10.6. The molecule has 1 heterocycles. The van der Waals surface area contributed by atoms with Crippen LogP contribution >= 0.6 is 0 Å². The molecule has 116 valence electrons. The predicted molar refractivity (Wildman–Crippen MR) is 84.1 cm³/mol. The molecule has 1 aromatic carbocycles. The summed E-state index contributed by atoms with van der Waals surface area (Å²) in [6.07, 6.45) is 3.28. The monoisotopic (exact) mass is 301 g/mol. The Labute approximate surface area is 127 Å². The minimum absolute atomic E-state index is 0.194. The van der Waals surface area contributed by atoms with Crippen molar-refractivity contribution in [3.63, 3.8) is 0 Å². The van der Waals surface area contributed by atoms with Gasteiger partial charge in [0.1, 0.15) is 5.58 Å². The molecule has 2 aromatic rings. The van der Waals surface area contributed by atoms with E-state index in [-0.39, 0.29) is 11.5 Å². The third kappa shape index (κ3) is 3.13. The van der Waals surface area contributed by atoms with Crippen LogP contribution in [-0.4, -0.2) is 17.6 Å². The Hall–Kier alpha value is -2.30. The van der Waals surface area contributed by atoms with Crippen LogP contribution in [0.3, 0.4) is 0 Å². The van der Waals surface area contributed by atoms with E-state index in [2.05, 4.69) is 5.32 Å². The number of anilines is 1. The van der Waals surface area contributed by atoms with E-state index in [1.807, 2.05) is 18.2 Å². The SMILES string of the molecule is O=C(O)C1CCC(CNc2cc(=O)oc3ccccc23)CC1. The fraction of sp³-hybridized carbons (Fsp3) is 0.412. The van der Waals surface area contributed by atoms with Crippen molar-refractivity contribution < 1.29 is 14.3 Å². The molecule has 22 heavy (non-hydrogen) atoms. The van der Waals surface area contributed by atoms with Crippen molar-refractivity contribution in [2.75, 3.05) is 11.9 Å². The van der Waals surface area contributed by atoms with E-state index in [0.717, 1.165) is 43.3 Å². The predicted octanol–water partition coefficient (Wildman–Crippen LogP) is 3.10. The average Bonchev–Trinajstić information content (AvgIpc) is 2.52. The summed E-state index contributed by atoms with van der Waals surface area (Å²) < 4.78 is 5.17. The highest BCUT2D eigenvalue weighted by molar-refractivity contribution is 5.89. The number of benzene rings is 1. The zero-order valence-corrected chi connectivity index (χ0v) is 12.2. The zero-order valence-electron chi connectivity index (χ0n) is 12.2. The number of hydrogen-bond donors (Lipinski definition) is 2. The smallest absolute Gasteiger partial charge is 0.338 e. The number of fused-ring (bicyclic) bond motifs is 1. The van der Waals surface area contributed by atoms with Crippen molar-refractivity contribution in [2.45, 2.75) is 25.7 Å². The van der Waals surface area contributed by atoms with E-state index >= 15 is 0 Å². The molecule has 0 atom stereocenters. The molecule has 1 aliphatic carbocycles. The number of aliphatic carboxylic acids is 1. The highest BCUT2D eigenvalue weighted by Crippen LogP contribution is 2.30. The van der Waals surface area contributed by atoms with Gasteiger partial charge in [-0.2, -0.15) is 0 Å². The van der Waals surface area contributed by atoms with Crippen molar-refractivity contribution in [3.8, 4) is 0 Å². The molecule has 0 aliphatic heterocycles. The molecule has 5 nitrogen and oxygen atoms in total. The van der Waals surface area contributed by atoms with Gasteiger partial charge in [-0.3, -0.25) is 4.79 Å². The van der Waals surface area contributed by atoms with Crippen molar-refractivity contribution in [1.29, 1.82) is 0 Å². The number of carbonyl (C=O) groups is 1. The first-order valence-corrected chi connectivity index (χ1v) is 7.63. The number of rotatable bonds is 4. The van der Waals surface area contributed by atoms with Crippen LogP contribution < -0.4 is 10.9 Å². The van der Waals surface area contributed by atoms with Gasteiger partial charge in [0.05, 0.1) is 11.6 Å². The van der Waals surface area contributed by atoms with Crippen LogP contribution in [0, 0.1) is 11.8 Å². The molecular formula is C17H19NO4. The van der Waals surface area contributed by atoms with Crippen LogP contribution in [0.5, 0.6) is 0 Å². The van der Waals surface area contributed by atoms with Crippen molar-refractivity contribution in [1.82, 2.24) is 0 Å². The minimum atomic E-state index is -0.682. The summed E-state index contributed by atoms with van der Waals surface area (Å²) >= 11 is 0. The summed E-state index contributed by atoms with van der Waals surface area (Å²) in [5.41, 5.74) is 0.995. The number of nitrogens with one attached hydrogen (secondary N) is 1. The second-order valence-corrected chi connectivity index (χ2v) is 5.91. The van der Waals surface area contributed by atoms with E-state index in [1.165, 1.54) is 6.07 Å². The van der Waals surface area contributed by atoms with Crippen molar-refractivity contribution in [2.24, 2.45) is 11.8 Å². The highest BCUT2D eigenvalue weighted by atomic mass is 16.4. The molecule has 0 amide bonds. The van der Waals surface area contributed by atoms with Gasteiger partial charge in [0.2, 0.25) is 0 Å². The molecule has 2 N–H and O–H groups in total. The van der Waals surface area contributed by atoms with E-state index in [4.69, 9.17) is 9.52 Å². The molecule has 0 spiro atoms. The maximum absolute atomic E-state index is 11.6. The second kappa shape index (κ2) is 6.22. The first-order valence-electron chi connectivity index (χ1n) is 7.63. The molecular weight excluding hydrogens is 282 g/mol. The van der Waals surface area contributed by atoms with Crippen LogP contribution in [0.1, 0.15) is 25.7 Å². The van der Waals surface area contributed by atoms with Crippen molar-refractivity contribution in [3.05, 3.63) is 40.8 Å². The second-order valence-electron chi connectivity index (χ2n) is 5.91. The standard InChI is InChI=1S/C17H19NO4/c19-16-9-14(13-3-1-2-4-15(13)22-16)18-10-11-5-7-12(8-6-11)17(20)21/h1-4,9,11-12,18H,5-8,10H2,(H,20,21). The van der Waals surface area contributed by atoms with Gasteiger partial charge in [-0.15, -0.1) is 0 Å². The molecule has 1 aliphatic rings. The van der Waals surface area contributed by atoms with Crippen LogP contribution in [0.25, 0.3) is 11.0 Å². The van der Waals surface area contributed by atoms with Crippen LogP contribution in [0.2, 0.25) is 0 Å². The lowest BCUT2D eigenvalue weighted by molar-refractivity contribution is -0.143. The summed E-state index contributed by atoms with van der Waals surface area (Å²) in [7, 11) is 0. The Balaban J connectivity index is 1.67. The van der Waals surface area contributed by atoms with Crippen LogP contribution in [0.15, 0.2) is 39.5 Å². The van der Waals surface area contributed by atoms with Crippen LogP contribution in [0.4, 0.5) is 5.69 Å². The Morgan fingerprint density at radius 2 is 1.95 bits per heavy atom. The molecule has 3 rings (SSSR count). The van der Waals surface area contributed by atoms with Gasteiger partial charge in [0, 0.05) is 18.0 Å². The summed E-state index contributed by atoms with van der Waals surface area (Å²) in [4.78, 5) is 22.6. The number of hydrogen-bond acceptors (Lipinski definition) is 4. The maximum atomic E-state index is 11.6. The normalized spacial score (nSPS) is 21.6. The molecule has 0 bridgehead atoms. The summed E-state index contributed by atoms with van der Waals surface area (Å²) in [5.74, 6) is -0.430. The highest BCUT2D eigenvalue weighted by Gasteiger charge is 2.25. The minimum Gasteiger partial charge on any atom is -0.481 e. The van der Waals surface area contributed by atoms with Gasteiger partial charge >= 0.3 is 11.6 Å². The largest absolute Gasteiger partial charge is 0.481 e. The van der Waals surface area contributed by atoms with Gasteiger partial charge in [0.25, 0.3) is 0 Å². The lowest BCUT2D eigenvalue weighted by Crippen LogP contribution is -2.25. The first kappa shape index (κ1) is 14.6. The third-order valence-electron chi connectivity index (χ3n) is 4.43. The van der Waals surface area contributed by atoms with Gasteiger partial charge in [-0.1, -0.05) is 12.1 Å². The topological polar surface area (TPSA) is 79.5 Å². The quantitative estimate of drug-likeness (QED) is 0.848. The molecule has 1 fully saturated rings. The Bertz CT molecular complexity index is 729. The number of carboxylic acids is 1. The summed E-state index contributed by atoms with van der Waals surface area (Å²) in [5, 5.41) is 13.2. The molecule has 1 aromatic heterocycles. The molecule has 1 saturated carbocycles. The lowest BCUT2D eigenvalue weighted by Gasteiger charge is -2.26. The molecule has 5 heteroatoms. The summed E-state index contributed by atoms with van der Waals surface area (Å²) in [6, 6.07) is 8.92. The van der Waals surface area contributed by atoms with E-state index in [0.29, 0.717) is 11.5 Å². The zero-order chi connectivity index (χ0) is 15.5. The Kier molecular flexibility index (Phi) is 4.13. The van der Waals surface area contributed by atoms with Crippen molar-refractivity contribution >= 4 is 22.6 Å². The van der Waals surface area contributed by atoms with E-state index < -0.39 is 5.97 Å². The maximum Gasteiger partial charge on any atom is 0.338 e. The third-order valence-corrected chi connectivity index (χ3v) is 4.43. The van der Waals surface area contributed by atoms with Gasteiger partial charge in [-0.25, -0.2) is 4.79 Å². The van der Waals surface area contributed by atoms with Crippen LogP contribution in [-0.2, 0) is 4.79 Å².